The molecule has 6 nitrogen and oxygen atoms in total. The molecule has 1 aromatic rings. The SMILES string of the molecule is N#CCc1ccc(NC(=O)NC2CCCC2C(=O)O)cc1. The minimum atomic E-state index is -0.862. The van der Waals surface area contributed by atoms with Gasteiger partial charge in [0.2, 0.25) is 0 Å². The first-order valence-corrected chi connectivity index (χ1v) is 6.86. The number of amides is 2. The molecule has 0 aromatic heterocycles. The largest absolute Gasteiger partial charge is 0.481 e. The average molecular weight is 287 g/mol. The molecule has 0 spiro atoms. The van der Waals surface area contributed by atoms with Crippen molar-refractivity contribution in [2.24, 2.45) is 5.92 Å². The van der Waals surface area contributed by atoms with E-state index in [1.165, 1.54) is 0 Å². The number of carbonyl (C=O) groups is 2. The van der Waals surface area contributed by atoms with Crippen LogP contribution in [0.15, 0.2) is 24.3 Å². The zero-order chi connectivity index (χ0) is 15.2. The summed E-state index contributed by atoms with van der Waals surface area (Å²) in [6.45, 7) is 0. The third-order valence-corrected chi connectivity index (χ3v) is 3.64. The number of hydrogen-bond acceptors (Lipinski definition) is 3. The smallest absolute Gasteiger partial charge is 0.319 e. The predicted molar refractivity (Wildman–Crippen MR) is 76.7 cm³/mol. The van der Waals surface area contributed by atoms with Crippen molar-refractivity contribution >= 4 is 17.7 Å². The molecule has 3 N–H and O–H groups in total. The number of benzene rings is 1. The van der Waals surface area contributed by atoms with E-state index in [-0.39, 0.29) is 6.04 Å². The van der Waals surface area contributed by atoms with E-state index in [9.17, 15) is 9.59 Å². The van der Waals surface area contributed by atoms with Crippen molar-refractivity contribution in [3.05, 3.63) is 29.8 Å². The van der Waals surface area contributed by atoms with Crippen LogP contribution in [0.25, 0.3) is 0 Å². The van der Waals surface area contributed by atoms with Gasteiger partial charge in [0.25, 0.3) is 0 Å². The van der Waals surface area contributed by atoms with Crippen LogP contribution in [0.4, 0.5) is 10.5 Å². The maximum absolute atomic E-state index is 11.9. The van der Waals surface area contributed by atoms with Gasteiger partial charge in [-0.1, -0.05) is 18.6 Å². The van der Waals surface area contributed by atoms with E-state index in [2.05, 4.69) is 16.7 Å². The first-order chi connectivity index (χ1) is 10.1. The number of aliphatic carboxylic acids is 1. The lowest BCUT2D eigenvalue weighted by atomic mass is 10.0. The van der Waals surface area contributed by atoms with Gasteiger partial charge in [0.05, 0.1) is 18.4 Å². The Morgan fingerprint density at radius 2 is 2.00 bits per heavy atom. The van der Waals surface area contributed by atoms with Crippen LogP contribution in [-0.4, -0.2) is 23.1 Å². The van der Waals surface area contributed by atoms with E-state index in [1.807, 2.05) is 0 Å². The van der Waals surface area contributed by atoms with Crippen LogP contribution in [0.3, 0.4) is 0 Å². The molecule has 0 heterocycles. The van der Waals surface area contributed by atoms with Gasteiger partial charge in [-0.25, -0.2) is 4.79 Å². The van der Waals surface area contributed by atoms with Gasteiger partial charge in [-0.3, -0.25) is 4.79 Å². The molecule has 6 heteroatoms. The zero-order valence-electron chi connectivity index (χ0n) is 11.5. The van der Waals surface area contributed by atoms with Crippen LogP contribution in [-0.2, 0) is 11.2 Å². The number of hydrogen-bond donors (Lipinski definition) is 3. The fraction of sp³-hybridized carbons (Fsp3) is 0.400. The summed E-state index contributed by atoms with van der Waals surface area (Å²) in [6.07, 6.45) is 2.42. The predicted octanol–water partition coefficient (Wildman–Crippen LogP) is 2.13. The number of nitrogens with zero attached hydrogens (tertiary/aromatic N) is 1. The summed E-state index contributed by atoms with van der Waals surface area (Å²) in [6, 6.07) is 8.31. The van der Waals surface area contributed by atoms with Gasteiger partial charge in [0, 0.05) is 11.7 Å². The summed E-state index contributed by atoms with van der Waals surface area (Å²) in [4.78, 5) is 22.9. The second kappa shape index (κ2) is 6.75. The summed E-state index contributed by atoms with van der Waals surface area (Å²) in [5.74, 6) is -1.37. The number of nitrogens with one attached hydrogen (secondary N) is 2. The van der Waals surface area contributed by atoms with E-state index in [4.69, 9.17) is 10.4 Å². The van der Waals surface area contributed by atoms with Crippen molar-refractivity contribution in [1.29, 1.82) is 5.26 Å². The fourth-order valence-electron chi connectivity index (χ4n) is 2.56. The van der Waals surface area contributed by atoms with Crippen LogP contribution in [0.2, 0.25) is 0 Å². The highest BCUT2D eigenvalue weighted by Gasteiger charge is 2.33. The molecular formula is C15H17N3O3. The average Bonchev–Trinajstić information content (AvgIpc) is 2.89. The Bertz CT molecular complexity index is 563. The normalized spacial score (nSPS) is 20.5. The van der Waals surface area contributed by atoms with E-state index < -0.39 is 17.9 Å². The molecule has 2 rings (SSSR count). The topological polar surface area (TPSA) is 102 Å². The first-order valence-electron chi connectivity index (χ1n) is 6.86. The lowest BCUT2D eigenvalue weighted by molar-refractivity contribution is -0.142. The minimum Gasteiger partial charge on any atom is -0.481 e. The van der Waals surface area contributed by atoms with Gasteiger partial charge < -0.3 is 15.7 Å². The van der Waals surface area contributed by atoms with Crippen LogP contribution < -0.4 is 10.6 Å². The standard InChI is InChI=1S/C15H17N3O3/c16-9-8-10-4-6-11(7-5-10)17-15(21)18-13-3-1-2-12(13)14(19)20/h4-7,12-13H,1-3,8H2,(H,19,20)(H2,17,18,21). The first kappa shape index (κ1) is 14.9. The highest BCUT2D eigenvalue weighted by Crippen LogP contribution is 2.25. The van der Waals surface area contributed by atoms with Crippen molar-refractivity contribution < 1.29 is 14.7 Å². The van der Waals surface area contributed by atoms with Crippen LogP contribution in [0.5, 0.6) is 0 Å². The molecule has 1 saturated carbocycles. The van der Waals surface area contributed by atoms with Gasteiger partial charge in [0.15, 0.2) is 0 Å². The number of nitriles is 1. The molecule has 0 bridgehead atoms. The van der Waals surface area contributed by atoms with Gasteiger partial charge in [-0.2, -0.15) is 5.26 Å². The van der Waals surface area contributed by atoms with E-state index in [1.54, 1.807) is 24.3 Å². The van der Waals surface area contributed by atoms with Gasteiger partial charge >= 0.3 is 12.0 Å². The Kier molecular flexibility index (Phi) is 4.77. The number of rotatable bonds is 4. The number of carbonyl (C=O) groups excluding carboxylic acids is 1. The third-order valence-electron chi connectivity index (χ3n) is 3.64. The lowest BCUT2D eigenvalue weighted by Crippen LogP contribution is -2.42. The third kappa shape index (κ3) is 3.96. The maximum atomic E-state index is 11.9. The molecule has 1 fully saturated rings. The molecule has 1 aliphatic carbocycles. The van der Waals surface area contributed by atoms with Crippen molar-refractivity contribution in [1.82, 2.24) is 5.32 Å². The highest BCUT2D eigenvalue weighted by molar-refractivity contribution is 5.89. The Morgan fingerprint density at radius 3 is 2.62 bits per heavy atom. The van der Waals surface area contributed by atoms with Gasteiger partial charge in [0.1, 0.15) is 0 Å². The summed E-state index contributed by atoms with van der Waals surface area (Å²) < 4.78 is 0. The van der Waals surface area contributed by atoms with Crippen molar-refractivity contribution in [3.8, 4) is 6.07 Å². The van der Waals surface area contributed by atoms with E-state index >= 15 is 0 Å². The lowest BCUT2D eigenvalue weighted by Gasteiger charge is -2.18. The Hall–Kier alpha value is -2.55. The fourth-order valence-corrected chi connectivity index (χ4v) is 2.56. The minimum absolute atomic E-state index is 0.319. The number of carboxylic acids is 1. The van der Waals surface area contributed by atoms with E-state index in [0.29, 0.717) is 24.9 Å². The number of anilines is 1. The molecular weight excluding hydrogens is 270 g/mol. The van der Waals surface area contributed by atoms with Crippen molar-refractivity contribution in [2.75, 3.05) is 5.32 Å². The zero-order valence-corrected chi connectivity index (χ0v) is 11.5. The van der Waals surface area contributed by atoms with Gasteiger partial charge in [-0.15, -0.1) is 0 Å². The number of carboxylic acid groups (broad SMARTS) is 1. The van der Waals surface area contributed by atoms with Crippen molar-refractivity contribution in [2.45, 2.75) is 31.7 Å². The van der Waals surface area contributed by atoms with Crippen molar-refractivity contribution in [3.63, 3.8) is 0 Å². The molecule has 0 saturated heterocycles. The summed E-state index contributed by atoms with van der Waals surface area (Å²) >= 11 is 0. The molecule has 2 atom stereocenters. The second-order valence-electron chi connectivity index (χ2n) is 5.11. The van der Waals surface area contributed by atoms with Crippen LogP contribution in [0, 0.1) is 17.2 Å². The molecule has 1 aromatic carbocycles. The Morgan fingerprint density at radius 1 is 1.29 bits per heavy atom. The van der Waals surface area contributed by atoms with Crippen LogP contribution >= 0.6 is 0 Å². The molecule has 110 valence electrons. The molecule has 2 amide bonds. The Labute approximate surface area is 122 Å². The molecule has 2 unspecified atom stereocenters. The molecule has 0 aliphatic heterocycles. The molecule has 1 aliphatic rings. The summed E-state index contributed by atoms with van der Waals surface area (Å²) in [7, 11) is 0. The maximum Gasteiger partial charge on any atom is 0.319 e. The van der Waals surface area contributed by atoms with E-state index in [0.717, 1.165) is 12.0 Å². The van der Waals surface area contributed by atoms with Gasteiger partial charge in [-0.05, 0) is 30.5 Å². The quantitative estimate of drug-likeness (QED) is 0.789. The summed E-state index contributed by atoms with van der Waals surface area (Å²) in [5, 5.41) is 23.0. The molecule has 0 radical (unpaired) electrons. The second-order valence-corrected chi connectivity index (χ2v) is 5.11. The Balaban J connectivity index is 1.89. The summed E-state index contributed by atoms with van der Waals surface area (Å²) in [5.41, 5.74) is 1.49. The molecule has 21 heavy (non-hydrogen) atoms. The highest BCUT2D eigenvalue weighted by atomic mass is 16.4. The number of urea groups is 1. The monoisotopic (exact) mass is 287 g/mol. The van der Waals surface area contributed by atoms with Crippen LogP contribution in [0.1, 0.15) is 24.8 Å².